The van der Waals surface area contributed by atoms with E-state index in [1.807, 2.05) is 0 Å². The Morgan fingerprint density at radius 2 is 1.55 bits per heavy atom. The van der Waals surface area contributed by atoms with Gasteiger partial charge in [0, 0.05) is 5.57 Å². The molecule has 0 amide bonds. The molecule has 0 aliphatic carbocycles. The van der Waals surface area contributed by atoms with Crippen molar-refractivity contribution in [1.29, 1.82) is 0 Å². The molecule has 0 atom stereocenters. The van der Waals surface area contributed by atoms with Gasteiger partial charge in [0.2, 0.25) is 0 Å². The fourth-order valence-corrected chi connectivity index (χ4v) is 0.658. The Balaban J connectivity index is 4.99. The second-order valence-electron chi connectivity index (χ2n) is 2.85. The summed E-state index contributed by atoms with van der Waals surface area (Å²) in [6.07, 6.45) is 0.553. The minimum atomic E-state index is -0.403. The van der Waals surface area contributed by atoms with Crippen LogP contribution in [0.15, 0.2) is 22.5 Å². The number of carbonyl (C=O) groups excluding carboxylic acids is 1. The minimum absolute atomic E-state index is 0.171. The van der Waals surface area contributed by atoms with Gasteiger partial charge in [0.25, 0.3) is 0 Å². The summed E-state index contributed by atoms with van der Waals surface area (Å²) in [5, 5.41) is 0. The van der Waals surface area contributed by atoms with Crippen LogP contribution in [-0.2, 0) is 4.79 Å². The highest BCUT2D eigenvalue weighted by molar-refractivity contribution is 5.80. The molecule has 0 N–H and O–H groups in total. The van der Waals surface area contributed by atoms with Crippen molar-refractivity contribution in [1.82, 2.24) is 0 Å². The number of carbonyl (C=O) groups is 1. The monoisotopic (exact) mass is 156 g/mol. The van der Waals surface area contributed by atoms with E-state index in [-0.39, 0.29) is 5.57 Å². The van der Waals surface area contributed by atoms with Crippen LogP contribution in [0.3, 0.4) is 0 Å². The minimum Gasteiger partial charge on any atom is -0.298 e. The maximum atomic E-state index is 13.0. The lowest BCUT2D eigenvalue weighted by Crippen LogP contribution is -1.90. The van der Waals surface area contributed by atoms with Gasteiger partial charge in [-0.3, -0.25) is 4.79 Å². The van der Waals surface area contributed by atoms with Crippen LogP contribution in [0.5, 0.6) is 0 Å². The van der Waals surface area contributed by atoms with Gasteiger partial charge in [-0.2, -0.15) is 0 Å². The van der Waals surface area contributed by atoms with Gasteiger partial charge in [0.05, 0.1) is 0 Å². The van der Waals surface area contributed by atoms with E-state index in [1.54, 1.807) is 27.7 Å². The molecule has 0 aromatic heterocycles. The van der Waals surface area contributed by atoms with Crippen molar-refractivity contribution in [3.8, 4) is 0 Å². The van der Waals surface area contributed by atoms with Gasteiger partial charge in [0.15, 0.2) is 6.29 Å². The summed E-state index contributed by atoms with van der Waals surface area (Å²) in [4.78, 5) is 10.4. The van der Waals surface area contributed by atoms with Crippen molar-refractivity contribution in [2.45, 2.75) is 27.7 Å². The van der Waals surface area contributed by atoms with Crippen LogP contribution in [0.25, 0.3) is 0 Å². The Morgan fingerprint density at radius 3 is 1.64 bits per heavy atom. The molecular formula is C9H13FO. The van der Waals surface area contributed by atoms with Gasteiger partial charge in [-0.15, -0.1) is 0 Å². The number of hydrogen-bond donors (Lipinski definition) is 0. The van der Waals surface area contributed by atoms with Crippen molar-refractivity contribution >= 4 is 6.29 Å². The predicted molar refractivity (Wildman–Crippen MR) is 43.9 cm³/mol. The largest absolute Gasteiger partial charge is 0.298 e. The summed E-state index contributed by atoms with van der Waals surface area (Å²) in [6, 6.07) is 0. The van der Waals surface area contributed by atoms with Crippen LogP contribution in [0.1, 0.15) is 27.7 Å². The van der Waals surface area contributed by atoms with Gasteiger partial charge in [-0.25, -0.2) is 4.39 Å². The highest BCUT2D eigenvalue weighted by atomic mass is 19.1. The molecule has 0 aliphatic heterocycles. The smallest absolute Gasteiger partial charge is 0.152 e. The second kappa shape index (κ2) is 4.06. The first-order valence-electron chi connectivity index (χ1n) is 3.46. The molecule has 0 saturated carbocycles. The Labute approximate surface area is 66.6 Å². The summed E-state index contributed by atoms with van der Waals surface area (Å²) >= 11 is 0. The fourth-order valence-electron chi connectivity index (χ4n) is 0.658. The van der Waals surface area contributed by atoms with Gasteiger partial charge in [-0.05, 0) is 33.3 Å². The van der Waals surface area contributed by atoms with Crippen LogP contribution in [0.4, 0.5) is 4.39 Å². The zero-order chi connectivity index (χ0) is 9.02. The third-order valence-electron chi connectivity index (χ3n) is 1.33. The molecule has 2 heteroatoms. The predicted octanol–water partition coefficient (Wildman–Crippen LogP) is 2.79. The first-order valence-corrected chi connectivity index (χ1v) is 3.46. The van der Waals surface area contributed by atoms with Crippen LogP contribution in [0.2, 0.25) is 0 Å². The van der Waals surface area contributed by atoms with E-state index in [1.165, 1.54) is 0 Å². The molecule has 0 rings (SSSR count). The average molecular weight is 156 g/mol. The summed E-state index contributed by atoms with van der Waals surface area (Å²) in [5.74, 6) is -0.403. The molecule has 1 nitrogen and oxygen atoms in total. The molecular weight excluding hydrogens is 143 g/mol. The number of halogens is 1. The lowest BCUT2D eigenvalue weighted by atomic mass is 10.1. The summed E-state index contributed by atoms with van der Waals surface area (Å²) in [5.41, 5.74) is 1.41. The van der Waals surface area contributed by atoms with E-state index in [0.717, 1.165) is 0 Å². The molecule has 0 bridgehead atoms. The highest BCUT2D eigenvalue weighted by Crippen LogP contribution is 2.17. The summed E-state index contributed by atoms with van der Waals surface area (Å²) < 4.78 is 13.0. The van der Waals surface area contributed by atoms with E-state index in [0.29, 0.717) is 17.4 Å². The molecule has 0 aromatic rings. The third-order valence-corrected chi connectivity index (χ3v) is 1.33. The van der Waals surface area contributed by atoms with E-state index < -0.39 is 5.83 Å². The molecule has 0 saturated heterocycles. The standard InChI is InChI=1S/C9H13FO/c1-6(2)8(5-11)9(10)7(3)4/h5H,1-4H3. The third kappa shape index (κ3) is 2.66. The van der Waals surface area contributed by atoms with Gasteiger partial charge in [-0.1, -0.05) is 5.57 Å². The summed E-state index contributed by atoms with van der Waals surface area (Å²) in [6.45, 7) is 6.71. The number of aldehydes is 1. The molecule has 0 radical (unpaired) electrons. The fraction of sp³-hybridized carbons (Fsp3) is 0.444. The van der Waals surface area contributed by atoms with Crippen molar-refractivity contribution in [2.75, 3.05) is 0 Å². The van der Waals surface area contributed by atoms with E-state index in [2.05, 4.69) is 0 Å². The van der Waals surface area contributed by atoms with E-state index in [4.69, 9.17) is 0 Å². The molecule has 0 unspecified atom stereocenters. The van der Waals surface area contributed by atoms with Crippen molar-refractivity contribution < 1.29 is 9.18 Å². The molecule has 11 heavy (non-hydrogen) atoms. The maximum Gasteiger partial charge on any atom is 0.152 e. The molecule has 0 aromatic carbocycles. The first kappa shape index (κ1) is 10.1. The molecule has 62 valence electrons. The van der Waals surface area contributed by atoms with Crippen molar-refractivity contribution in [2.24, 2.45) is 0 Å². The molecule has 0 heterocycles. The maximum absolute atomic E-state index is 13.0. The Kier molecular flexibility index (Phi) is 3.72. The molecule has 0 aliphatic rings. The Hall–Kier alpha value is -0.920. The molecule has 0 spiro atoms. The van der Waals surface area contributed by atoms with Crippen LogP contribution in [-0.4, -0.2) is 6.29 Å². The van der Waals surface area contributed by atoms with Crippen molar-refractivity contribution in [3.63, 3.8) is 0 Å². The van der Waals surface area contributed by atoms with Gasteiger partial charge >= 0.3 is 0 Å². The van der Waals surface area contributed by atoms with Crippen LogP contribution < -0.4 is 0 Å². The Bertz CT molecular complexity index is 216. The number of allylic oxidation sites excluding steroid dienone is 4. The molecule has 0 fully saturated rings. The zero-order valence-electron chi connectivity index (χ0n) is 7.36. The number of rotatable bonds is 2. The van der Waals surface area contributed by atoms with Crippen LogP contribution in [0, 0.1) is 0 Å². The second-order valence-corrected chi connectivity index (χ2v) is 2.85. The Morgan fingerprint density at radius 1 is 1.09 bits per heavy atom. The zero-order valence-corrected chi connectivity index (χ0v) is 7.36. The van der Waals surface area contributed by atoms with Gasteiger partial charge in [0.1, 0.15) is 5.83 Å². The lowest BCUT2D eigenvalue weighted by Gasteiger charge is -2.00. The quantitative estimate of drug-likeness (QED) is 0.341. The van der Waals surface area contributed by atoms with Gasteiger partial charge < -0.3 is 0 Å². The highest BCUT2D eigenvalue weighted by Gasteiger charge is 2.05. The van der Waals surface area contributed by atoms with Crippen LogP contribution >= 0.6 is 0 Å². The van der Waals surface area contributed by atoms with E-state index >= 15 is 0 Å². The average Bonchev–Trinajstić information content (AvgIpc) is 1.88. The SMILES string of the molecule is CC(C)=C(F)C(C=O)=C(C)C. The normalized spacial score (nSPS) is 8.82. The lowest BCUT2D eigenvalue weighted by molar-refractivity contribution is -0.104. The number of hydrogen-bond acceptors (Lipinski definition) is 1. The summed E-state index contributed by atoms with van der Waals surface area (Å²) in [7, 11) is 0. The van der Waals surface area contributed by atoms with E-state index in [9.17, 15) is 9.18 Å². The topological polar surface area (TPSA) is 17.1 Å². The van der Waals surface area contributed by atoms with Crippen molar-refractivity contribution in [3.05, 3.63) is 22.5 Å². The first-order chi connectivity index (χ1) is 5.00.